The van der Waals surface area contributed by atoms with E-state index < -0.39 is 17.9 Å². The van der Waals surface area contributed by atoms with Crippen molar-refractivity contribution in [3.63, 3.8) is 0 Å². The first-order valence-corrected chi connectivity index (χ1v) is 5.83. The lowest BCUT2D eigenvalue weighted by molar-refractivity contribution is -0.139. The summed E-state index contributed by atoms with van der Waals surface area (Å²) in [4.78, 5) is 22.6. The van der Waals surface area contributed by atoms with Gasteiger partial charge in [0.25, 0.3) is 5.91 Å². The third kappa shape index (κ3) is 3.45. The molecule has 1 unspecified atom stereocenters. The van der Waals surface area contributed by atoms with Gasteiger partial charge in [0.05, 0.1) is 5.56 Å². The zero-order chi connectivity index (χ0) is 13.0. The number of nitrogens with one attached hydrogen (secondary N) is 1. The molecule has 6 heteroatoms. The lowest BCUT2D eigenvalue weighted by Crippen LogP contribution is -2.40. The molecule has 1 atom stereocenters. The van der Waals surface area contributed by atoms with Gasteiger partial charge in [-0.15, -0.1) is 0 Å². The number of carbonyl (C=O) groups is 2. The van der Waals surface area contributed by atoms with Gasteiger partial charge in [-0.05, 0) is 24.6 Å². The summed E-state index contributed by atoms with van der Waals surface area (Å²) in [5.41, 5.74) is 6.23. The molecule has 1 aromatic carbocycles. The van der Waals surface area contributed by atoms with Gasteiger partial charge in [0, 0.05) is 10.2 Å². The van der Waals surface area contributed by atoms with E-state index in [4.69, 9.17) is 10.8 Å². The predicted octanol–water partition coefficient (Wildman–Crippen LogP) is 1.62. The SMILES string of the molecule is CCC(NC(=O)c1cc(Br)ccc1N)C(=O)O. The summed E-state index contributed by atoms with van der Waals surface area (Å²) in [6.07, 6.45) is 0.314. The van der Waals surface area contributed by atoms with E-state index in [1.54, 1.807) is 25.1 Å². The highest BCUT2D eigenvalue weighted by Gasteiger charge is 2.19. The van der Waals surface area contributed by atoms with Crippen LogP contribution in [0.1, 0.15) is 23.7 Å². The predicted molar refractivity (Wildman–Crippen MR) is 67.7 cm³/mol. The average molecular weight is 301 g/mol. The van der Waals surface area contributed by atoms with E-state index in [1.165, 1.54) is 0 Å². The molecule has 1 amide bonds. The Labute approximate surface area is 107 Å². The molecular formula is C11H13BrN2O3. The first-order chi connectivity index (χ1) is 7.95. The van der Waals surface area contributed by atoms with Gasteiger partial charge in [-0.1, -0.05) is 22.9 Å². The molecule has 0 spiro atoms. The minimum Gasteiger partial charge on any atom is -0.480 e. The summed E-state index contributed by atoms with van der Waals surface area (Å²) in [6.45, 7) is 1.68. The van der Waals surface area contributed by atoms with Crippen molar-refractivity contribution in [1.29, 1.82) is 0 Å². The summed E-state index contributed by atoms with van der Waals surface area (Å²) in [5.74, 6) is -1.55. The molecule has 5 nitrogen and oxygen atoms in total. The average Bonchev–Trinajstić information content (AvgIpc) is 2.28. The van der Waals surface area contributed by atoms with Crippen LogP contribution < -0.4 is 11.1 Å². The molecule has 0 saturated heterocycles. The van der Waals surface area contributed by atoms with E-state index >= 15 is 0 Å². The number of carboxylic acids is 1. The molecule has 4 N–H and O–H groups in total. The van der Waals surface area contributed by atoms with Crippen LogP contribution in [0.3, 0.4) is 0 Å². The van der Waals surface area contributed by atoms with Crippen LogP contribution >= 0.6 is 15.9 Å². The Hall–Kier alpha value is -1.56. The molecule has 0 bridgehead atoms. The van der Waals surface area contributed by atoms with Gasteiger partial charge in [-0.25, -0.2) is 4.79 Å². The Morgan fingerprint density at radius 2 is 2.18 bits per heavy atom. The Morgan fingerprint density at radius 3 is 2.71 bits per heavy atom. The van der Waals surface area contributed by atoms with E-state index in [2.05, 4.69) is 21.2 Å². The molecule has 0 heterocycles. The first-order valence-electron chi connectivity index (χ1n) is 5.04. The molecule has 0 saturated carbocycles. The molecule has 0 aliphatic heterocycles. The van der Waals surface area contributed by atoms with Crippen molar-refractivity contribution in [2.75, 3.05) is 5.73 Å². The number of hydrogen-bond acceptors (Lipinski definition) is 3. The van der Waals surface area contributed by atoms with Gasteiger partial charge in [0.1, 0.15) is 6.04 Å². The molecule has 0 aliphatic carbocycles. The molecule has 0 fully saturated rings. The molecule has 17 heavy (non-hydrogen) atoms. The number of hydrogen-bond donors (Lipinski definition) is 3. The quantitative estimate of drug-likeness (QED) is 0.737. The number of nitrogen functional groups attached to an aromatic ring is 1. The van der Waals surface area contributed by atoms with Gasteiger partial charge < -0.3 is 16.2 Å². The minimum atomic E-state index is -1.06. The van der Waals surface area contributed by atoms with Crippen LogP contribution in [0, 0.1) is 0 Å². The van der Waals surface area contributed by atoms with E-state index in [0.717, 1.165) is 0 Å². The summed E-state index contributed by atoms with van der Waals surface area (Å²) < 4.78 is 0.709. The lowest BCUT2D eigenvalue weighted by Gasteiger charge is -2.13. The fourth-order valence-corrected chi connectivity index (χ4v) is 1.66. The van der Waals surface area contributed by atoms with E-state index in [1.807, 2.05) is 0 Å². The highest BCUT2D eigenvalue weighted by Crippen LogP contribution is 2.18. The second kappa shape index (κ2) is 5.67. The van der Waals surface area contributed by atoms with Crippen molar-refractivity contribution < 1.29 is 14.7 Å². The zero-order valence-electron chi connectivity index (χ0n) is 9.24. The van der Waals surface area contributed by atoms with Crippen molar-refractivity contribution in [2.45, 2.75) is 19.4 Å². The number of benzene rings is 1. The van der Waals surface area contributed by atoms with Gasteiger partial charge >= 0.3 is 5.97 Å². The van der Waals surface area contributed by atoms with Crippen molar-refractivity contribution in [3.8, 4) is 0 Å². The standard InChI is InChI=1S/C11H13BrN2O3/c1-2-9(11(16)17)14-10(15)7-5-6(12)3-4-8(7)13/h3-5,9H,2,13H2,1H3,(H,14,15)(H,16,17). The molecule has 0 aromatic heterocycles. The van der Waals surface area contributed by atoms with Crippen LogP contribution in [0.4, 0.5) is 5.69 Å². The second-order valence-corrected chi connectivity index (χ2v) is 4.42. The van der Waals surface area contributed by atoms with Crippen molar-refractivity contribution in [2.24, 2.45) is 0 Å². The van der Waals surface area contributed by atoms with Crippen LogP contribution in [0.15, 0.2) is 22.7 Å². The number of amides is 1. The number of halogens is 1. The van der Waals surface area contributed by atoms with Crippen molar-refractivity contribution >= 4 is 33.5 Å². The number of aliphatic carboxylic acids is 1. The maximum Gasteiger partial charge on any atom is 0.326 e. The Morgan fingerprint density at radius 1 is 1.53 bits per heavy atom. The fourth-order valence-electron chi connectivity index (χ4n) is 1.30. The van der Waals surface area contributed by atoms with Crippen molar-refractivity contribution in [3.05, 3.63) is 28.2 Å². The number of carbonyl (C=O) groups excluding carboxylic acids is 1. The monoisotopic (exact) mass is 300 g/mol. The normalized spacial score (nSPS) is 11.9. The summed E-state index contributed by atoms with van der Waals surface area (Å²) >= 11 is 3.22. The molecule has 0 radical (unpaired) electrons. The van der Waals surface area contributed by atoms with Gasteiger partial charge in [-0.2, -0.15) is 0 Å². The van der Waals surface area contributed by atoms with Crippen LogP contribution in [0.25, 0.3) is 0 Å². The van der Waals surface area contributed by atoms with Crippen LogP contribution in [-0.4, -0.2) is 23.0 Å². The van der Waals surface area contributed by atoms with Gasteiger partial charge in [0.15, 0.2) is 0 Å². The number of rotatable bonds is 4. The van der Waals surface area contributed by atoms with Crippen LogP contribution in [0.5, 0.6) is 0 Å². The molecular weight excluding hydrogens is 288 g/mol. The summed E-state index contributed by atoms with van der Waals surface area (Å²) in [7, 11) is 0. The Balaban J connectivity index is 2.89. The highest BCUT2D eigenvalue weighted by molar-refractivity contribution is 9.10. The van der Waals surface area contributed by atoms with E-state index in [-0.39, 0.29) is 5.56 Å². The smallest absolute Gasteiger partial charge is 0.326 e. The second-order valence-electron chi connectivity index (χ2n) is 3.50. The molecule has 0 aliphatic rings. The number of anilines is 1. The topological polar surface area (TPSA) is 92.4 Å². The maximum atomic E-state index is 11.8. The molecule has 1 rings (SSSR count). The lowest BCUT2D eigenvalue weighted by atomic mass is 10.1. The third-order valence-corrected chi connectivity index (χ3v) is 2.76. The minimum absolute atomic E-state index is 0.263. The maximum absolute atomic E-state index is 11.8. The molecule has 1 aromatic rings. The molecule has 92 valence electrons. The van der Waals surface area contributed by atoms with Gasteiger partial charge in [-0.3, -0.25) is 4.79 Å². The fraction of sp³-hybridized carbons (Fsp3) is 0.273. The zero-order valence-corrected chi connectivity index (χ0v) is 10.8. The highest BCUT2D eigenvalue weighted by atomic mass is 79.9. The van der Waals surface area contributed by atoms with Gasteiger partial charge in [0.2, 0.25) is 0 Å². The summed E-state index contributed by atoms with van der Waals surface area (Å²) in [6, 6.07) is 3.95. The number of carboxylic acid groups (broad SMARTS) is 1. The largest absolute Gasteiger partial charge is 0.480 e. The number of nitrogens with two attached hydrogens (primary N) is 1. The van der Waals surface area contributed by atoms with Crippen molar-refractivity contribution in [1.82, 2.24) is 5.32 Å². The third-order valence-electron chi connectivity index (χ3n) is 2.27. The first kappa shape index (κ1) is 13.5. The van der Waals surface area contributed by atoms with Crippen LogP contribution in [-0.2, 0) is 4.79 Å². The van der Waals surface area contributed by atoms with E-state index in [0.29, 0.717) is 16.6 Å². The Bertz CT molecular complexity index is 448. The Kier molecular flexibility index (Phi) is 4.51. The van der Waals surface area contributed by atoms with Crippen LogP contribution in [0.2, 0.25) is 0 Å². The van der Waals surface area contributed by atoms with E-state index in [9.17, 15) is 9.59 Å². The summed E-state index contributed by atoms with van der Waals surface area (Å²) in [5, 5.41) is 11.2.